The van der Waals surface area contributed by atoms with E-state index in [1.807, 2.05) is 24.3 Å². The van der Waals surface area contributed by atoms with E-state index < -0.39 is 0 Å². The number of carbonyl (C=O) groups excluding carboxylic acids is 2. The van der Waals surface area contributed by atoms with Crippen LogP contribution < -0.4 is 20.4 Å². The van der Waals surface area contributed by atoms with Gasteiger partial charge in [-0.05, 0) is 67.5 Å². The summed E-state index contributed by atoms with van der Waals surface area (Å²) in [6, 6.07) is 16.4. The number of aromatic nitrogens is 4. The van der Waals surface area contributed by atoms with Crippen molar-refractivity contribution in [1.82, 2.24) is 20.4 Å². The standard InChI is InChI=1S/C32H36N8O2S2/c41-27(18-21-6-1-10-25(16-21)39-12-4-13-39)33-31-37-35-29(43-31)23-8-3-9-24(20-23)30-36-38-32(44-30)34-28(42)19-22-7-2-11-26(17-22)40-14-5-15-40/h1-2,6-7,10-11,16-17,23-24H,3-5,8-9,12-15,18-20H2,(H,33,37,41)(H,34,38,42)/t23-,24-/m0/s1. The smallest absolute Gasteiger partial charge is 0.230 e. The zero-order valence-electron chi connectivity index (χ0n) is 24.6. The SMILES string of the molecule is O=C(Cc1cccc(N2CCC2)c1)Nc1nnc([C@H]2CCC[C@H](c3nnc(NC(=O)Cc4cccc(N5CCC5)c4)s3)C2)s1. The molecular formula is C32H36N8O2S2. The summed E-state index contributed by atoms with van der Waals surface area (Å²) in [6.07, 6.45) is 7.08. The van der Waals surface area contributed by atoms with Crippen LogP contribution in [0.25, 0.3) is 0 Å². The Hall–Kier alpha value is -3.90. The Bertz CT molecular complexity index is 1510. The Morgan fingerprint density at radius 3 is 1.59 bits per heavy atom. The van der Waals surface area contributed by atoms with E-state index in [9.17, 15) is 9.59 Å². The van der Waals surface area contributed by atoms with Crippen LogP contribution in [0, 0.1) is 0 Å². The van der Waals surface area contributed by atoms with Crippen molar-refractivity contribution in [3.05, 3.63) is 69.7 Å². The van der Waals surface area contributed by atoms with Crippen molar-refractivity contribution in [3.63, 3.8) is 0 Å². The Morgan fingerprint density at radius 1 is 0.682 bits per heavy atom. The minimum absolute atomic E-state index is 0.0812. The van der Waals surface area contributed by atoms with Crippen molar-refractivity contribution in [2.24, 2.45) is 0 Å². The van der Waals surface area contributed by atoms with E-state index in [0.29, 0.717) is 23.1 Å². The fourth-order valence-electron chi connectivity index (χ4n) is 6.11. The molecule has 2 aliphatic heterocycles. The van der Waals surface area contributed by atoms with Crippen molar-refractivity contribution in [2.45, 2.75) is 63.2 Å². The number of benzene rings is 2. The highest BCUT2D eigenvalue weighted by molar-refractivity contribution is 7.15. The third kappa shape index (κ3) is 6.76. The lowest BCUT2D eigenvalue weighted by Gasteiger charge is -2.33. The Labute approximate surface area is 264 Å². The van der Waals surface area contributed by atoms with E-state index in [4.69, 9.17) is 0 Å². The van der Waals surface area contributed by atoms with Crippen LogP contribution >= 0.6 is 22.7 Å². The highest BCUT2D eigenvalue weighted by Crippen LogP contribution is 2.43. The quantitative estimate of drug-likeness (QED) is 0.233. The molecule has 2 aromatic heterocycles. The van der Waals surface area contributed by atoms with Gasteiger partial charge in [0.05, 0.1) is 12.8 Å². The van der Waals surface area contributed by atoms with Crippen molar-refractivity contribution in [2.75, 3.05) is 46.6 Å². The molecule has 0 radical (unpaired) electrons. The van der Waals surface area contributed by atoms with Crippen molar-refractivity contribution in [3.8, 4) is 0 Å². The van der Waals surface area contributed by atoms with Gasteiger partial charge in [0.15, 0.2) is 0 Å². The predicted octanol–water partition coefficient (Wildman–Crippen LogP) is 5.61. The van der Waals surface area contributed by atoms with E-state index in [1.165, 1.54) is 46.9 Å². The minimum Gasteiger partial charge on any atom is -0.371 e. The summed E-state index contributed by atoms with van der Waals surface area (Å²) in [5.74, 6) is 0.348. The number of anilines is 4. The first-order valence-corrected chi connectivity index (χ1v) is 17.1. The van der Waals surface area contributed by atoms with Crippen molar-refractivity contribution in [1.29, 1.82) is 0 Å². The highest BCUT2D eigenvalue weighted by atomic mass is 32.1. The van der Waals surface area contributed by atoms with Gasteiger partial charge in [-0.1, -0.05) is 53.4 Å². The highest BCUT2D eigenvalue weighted by Gasteiger charge is 2.29. The summed E-state index contributed by atoms with van der Waals surface area (Å²) in [5, 5.41) is 26.4. The van der Waals surface area contributed by atoms with Crippen LogP contribution in [-0.4, -0.2) is 58.4 Å². The normalized spacial score (nSPS) is 19.6. The second-order valence-electron chi connectivity index (χ2n) is 11.9. The van der Waals surface area contributed by atoms with Gasteiger partial charge in [-0.2, -0.15) is 0 Å². The molecule has 10 nitrogen and oxygen atoms in total. The molecule has 4 aromatic rings. The van der Waals surface area contributed by atoms with Gasteiger partial charge in [-0.3, -0.25) is 9.59 Å². The number of amides is 2. The number of nitrogens with one attached hydrogen (secondary N) is 2. The van der Waals surface area contributed by atoms with Gasteiger partial charge >= 0.3 is 0 Å². The fraction of sp³-hybridized carbons (Fsp3) is 0.438. The topological polar surface area (TPSA) is 116 Å². The molecule has 1 aliphatic carbocycles. The van der Waals surface area contributed by atoms with Crippen LogP contribution in [0.3, 0.4) is 0 Å². The average molecular weight is 629 g/mol. The van der Waals surface area contributed by atoms with Gasteiger partial charge in [-0.25, -0.2) is 0 Å². The second-order valence-corrected chi connectivity index (χ2v) is 13.9. The zero-order chi connectivity index (χ0) is 29.9. The van der Waals surface area contributed by atoms with Gasteiger partial charge in [0.1, 0.15) is 10.0 Å². The summed E-state index contributed by atoms with van der Waals surface area (Å²) < 4.78 is 0. The molecule has 2 amide bonds. The molecule has 0 spiro atoms. The molecule has 2 aromatic carbocycles. The molecule has 2 atom stereocenters. The van der Waals surface area contributed by atoms with E-state index >= 15 is 0 Å². The Morgan fingerprint density at radius 2 is 1.16 bits per heavy atom. The van der Waals surface area contributed by atoms with Crippen LogP contribution in [0.2, 0.25) is 0 Å². The molecule has 12 heteroatoms. The fourth-order valence-corrected chi connectivity index (χ4v) is 7.93. The monoisotopic (exact) mass is 628 g/mol. The number of hydrogen-bond donors (Lipinski definition) is 2. The molecule has 44 heavy (non-hydrogen) atoms. The van der Waals surface area contributed by atoms with E-state index in [0.717, 1.165) is 73.0 Å². The number of nitrogens with zero attached hydrogens (tertiary/aromatic N) is 6. The molecule has 4 heterocycles. The van der Waals surface area contributed by atoms with Crippen LogP contribution in [0.1, 0.15) is 71.5 Å². The minimum atomic E-state index is -0.0812. The second kappa shape index (κ2) is 13.0. The largest absolute Gasteiger partial charge is 0.371 e. The molecule has 3 fully saturated rings. The maximum absolute atomic E-state index is 12.8. The van der Waals surface area contributed by atoms with Gasteiger partial charge in [0.25, 0.3) is 0 Å². The van der Waals surface area contributed by atoms with Crippen molar-refractivity contribution >= 4 is 56.1 Å². The zero-order valence-corrected chi connectivity index (χ0v) is 26.2. The summed E-state index contributed by atoms with van der Waals surface area (Å²) >= 11 is 2.93. The first-order valence-electron chi connectivity index (χ1n) is 15.5. The van der Waals surface area contributed by atoms with E-state index in [1.54, 1.807) is 0 Å². The molecule has 1 saturated carbocycles. The van der Waals surface area contributed by atoms with Gasteiger partial charge in [0, 0.05) is 49.4 Å². The number of rotatable bonds is 10. The predicted molar refractivity (Wildman–Crippen MR) is 175 cm³/mol. The molecule has 0 bridgehead atoms. The lowest BCUT2D eigenvalue weighted by molar-refractivity contribution is -0.116. The average Bonchev–Trinajstić information content (AvgIpc) is 3.62. The Kier molecular flexibility index (Phi) is 8.52. The van der Waals surface area contributed by atoms with Gasteiger partial charge < -0.3 is 20.4 Å². The lowest BCUT2D eigenvalue weighted by Crippen LogP contribution is -2.36. The molecule has 228 valence electrons. The Balaban J connectivity index is 0.913. The first-order chi connectivity index (χ1) is 21.6. The lowest BCUT2D eigenvalue weighted by atomic mass is 9.82. The van der Waals surface area contributed by atoms with Crippen LogP contribution in [0.15, 0.2) is 48.5 Å². The summed E-state index contributed by atoms with van der Waals surface area (Å²) in [5.41, 5.74) is 4.35. The molecule has 2 saturated heterocycles. The summed E-state index contributed by atoms with van der Waals surface area (Å²) in [7, 11) is 0. The number of carbonyl (C=O) groups is 2. The van der Waals surface area contributed by atoms with E-state index in [-0.39, 0.29) is 23.7 Å². The van der Waals surface area contributed by atoms with Crippen LogP contribution in [0.5, 0.6) is 0 Å². The molecule has 3 aliphatic rings. The van der Waals surface area contributed by atoms with Crippen molar-refractivity contribution < 1.29 is 9.59 Å². The van der Waals surface area contributed by atoms with E-state index in [2.05, 4.69) is 65.1 Å². The number of hydrogen-bond acceptors (Lipinski definition) is 10. The third-order valence-corrected chi connectivity index (χ3v) is 10.7. The van der Waals surface area contributed by atoms with Gasteiger partial charge in [0.2, 0.25) is 22.1 Å². The summed E-state index contributed by atoms with van der Waals surface area (Å²) in [4.78, 5) is 30.2. The summed E-state index contributed by atoms with van der Waals surface area (Å²) in [6.45, 7) is 4.32. The maximum Gasteiger partial charge on any atom is 0.230 e. The van der Waals surface area contributed by atoms with Crippen LogP contribution in [0.4, 0.5) is 21.6 Å². The molecule has 0 unspecified atom stereocenters. The molecular weight excluding hydrogens is 593 g/mol. The molecule has 7 rings (SSSR count). The van der Waals surface area contributed by atoms with Gasteiger partial charge in [-0.15, -0.1) is 20.4 Å². The first kappa shape index (κ1) is 28.8. The van der Waals surface area contributed by atoms with Crippen LogP contribution in [-0.2, 0) is 22.4 Å². The maximum atomic E-state index is 12.8. The molecule has 2 N–H and O–H groups in total. The third-order valence-electron chi connectivity index (χ3n) is 8.74.